The molecule has 154 valence electrons. The molecule has 3 rings (SSSR count). The molecule has 1 aliphatic rings. The molecule has 8 heteroatoms. The van der Waals surface area contributed by atoms with Crippen LogP contribution in [0.2, 0.25) is 0 Å². The van der Waals surface area contributed by atoms with Crippen LogP contribution in [-0.4, -0.2) is 39.9 Å². The van der Waals surface area contributed by atoms with E-state index in [0.717, 1.165) is 5.75 Å². The Morgan fingerprint density at radius 3 is 2.48 bits per heavy atom. The number of nitrogens with zero attached hydrogens (tertiary/aromatic N) is 1. The number of amidine groups is 1. The van der Waals surface area contributed by atoms with Gasteiger partial charge in [-0.15, -0.1) is 0 Å². The number of carbonyl (C=O) groups is 1. The maximum Gasteiger partial charge on any atom is 0.263 e. The zero-order chi connectivity index (χ0) is 21.1. The number of fused-ring (bicyclic) bond motifs is 1. The Morgan fingerprint density at radius 1 is 1.10 bits per heavy atom. The van der Waals surface area contributed by atoms with Gasteiger partial charge in [-0.2, -0.15) is 0 Å². The Balaban J connectivity index is 1.46. The molecule has 1 amide bonds. The van der Waals surface area contributed by atoms with E-state index >= 15 is 0 Å². The first-order valence-corrected chi connectivity index (χ1v) is 10.8. The predicted octanol–water partition coefficient (Wildman–Crippen LogP) is 2.22. The summed E-state index contributed by atoms with van der Waals surface area (Å²) in [6, 6.07) is 14.4. The lowest BCUT2D eigenvalue weighted by Gasteiger charge is -2.19. The Labute approximate surface area is 171 Å². The number of ether oxygens (including phenoxy) is 1. The maximum atomic E-state index is 12.0. The summed E-state index contributed by atoms with van der Waals surface area (Å²) in [5.41, 5.74) is 1.78. The minimum atomic E-state index is -3.60. The number of hydrogen-bond acceptors (Lipinski definition) is 5. The molecule has 0 fully saturated rings. The van der Waals surface area contributed by atoms with Gasteiger partial charge in [-0.25, -0.2) is 8.42 Å². The summed E-state index contributed by atoms with van der Waals surface area (Å²) in [6.45, 7) is 6.93. The first-order chi connectivity index (χ1) is 13.7. The molecule has 0 saturated carbocycles. The summed E-state index contributed by atoms with van der Waals surface area (Å²) < 4.78 is 32.0. The Hall–Kier alpha value is -2.87. The zero-order valence-corrected chi connectivity index (χ0v) is 17.5. The third-order valence-electron chi connectivity index (χ3n) is 4.46. The molecule has 2 aromatic rings. The molecule has 0 bridgehead atoms. The summed E-state index contributed by atoms with van der Waals surface area (Å²) in [4.78, 5) is 16.3. The van der Waals surface area contributed by atoms with E-state index < -0.39 is 10.0 Å². The first kappa shape index (κ1) is 20.9. The molecule has 0 aliphatic carbocycles. The van der Waals surface area contributed by atoms with Gasteiger partial charge in [0.05, 0.1) is 11.4 Å². The van der Waals surface area contributed by atoms with E-state index in [1.165, 1.54) is 11.6 Å². The third kappa shape index (κ3) is 5.14. The lowest BCUT2D eigenvalue weighted by molar-refractivity contribution is -0.119. The highest BCUT2D eigenvalue weighted by atomic mass is 32.2. The number of rotatable bonds is 6. The second-order valence-corrected chi connectivity index (χ2v) is 9.39. The van der Waals surface area contributed by atoms with Crippen molar-refractivity contribution < 1.29 is 17.9 Å². The highest BCUT2D eigenvalue weighted by molar-refractivity contribution is 7.90. The average Bonchev–Trinajstić information content (AvgIpc) is 2.94. The highest BCUT2D eigenvalue weighted by Gasteiger charge is 2.30. The number of hydrogen-bond donors (Lipinski definition) is 2. The summed E-state index contributed by atoms with van der Waals surface area (Å²) in [7, 11) is -3.60. The van der Waals surface area contributed by atoms with Crippen LogP contribution in [0, 0.1) is 0 Å². The zero-order valence-electron chi connectivity index (χ0n) is 16.7. The van der Waals surface area contributed by atoms with Gasteiger partial charge in [0.25, 0.3) is 10.0 Å². The van der Waals surface area contributed by atoms with Gasteiger partial charge in [0, 0.05) is 5.56 Å². The Morgan fingerprint density at radius 2 is 1.79 bits per heavy atom. The average molecular weight is 416 g/mol. The van der Waals surface area contributed by atoms with Crippen molar-refractivity contribution in [3.8, 4) is 5.75 Å². The number of carbonyl (C=O) groups excluding carboxylic acids is 1. The van der Waals surface area contributed by atoms with Crippen LogP contribution in [0.5, 0.6) is 5.75 Å². The van der Waals surface area contributed by atoms with E-state index in [0.29, 0.717) is 18.7 Å². The maximum absolute atomic E-state index is 12.0. The number of aliphatic imine (C=N–C) groups is 1. The third-order valence-corrected chi connectivity index (χ3v) is 5.85. The fraction of sp³-hybridized carbons (Fsp3) is 0.333. The van der Waals surface area contributed by atoms with Gasteiger partial charge < -0.3 is 10.1 Å². The van der Waals surface area contributed by atoms with Crippen LogP contribution in [0.3, 0.4) is 0 Å². The molecule has 1 heterocycles. The van der Waals surface area contributed by atoms with Crippen LogP contribution in [0.25, 0.3) is 0 Å². The number of nitrogens with one attached hydrogen (secondary N) is 2. The lowest BCUT2D eigenvalue weighted by atomic mass is 9.87. The van der Waals surface area contributed by atoms with E-state index in [2.05, 4.69) is 35.8 Å². The van der Waals surface area contributed by atoms with E-state index in [4.69, 9.17) is 4.74 Å². The predicted molar refractivity (Wildman–Crippen MR) is 112 cm³/mol. The van der Waals surface area contributed by atoms with Gasteiger partial charge in [0.15, 0.2) is 0 Å². The second-order valence-electron chi connectivity index (χ2n) is 7.74. The van der Waals surface area contributed by atoms with Crippen molar-refractivity contribution in [2.75, 3.05) is 19.7 Å². The fourth-order valence-electron chi connectivity index (χ4n) is 2.87. The first-order valence-electron chi connectivity index (χ1n) is 9.33. The molecule has 2 N–H and O–H groups in total. The molecule has 1 aliphatic heterocycles. The minimum Gasteiger partial charge on any atom is -0.492 e. The Kier molecular flexibility index (Phi) is 5.93. The molecular formula is C21H25N3O4S. The van der Waals surface area contributed by atoms with Gasteiger partial charge in [-0.05, 0) is 35.2 Å². The van der Waals surface area contributed by atoms with Gasteiger partial charge in [-0.1, -0.05) is 45.0 Å². The largest absolute Gasteiger partial charge is 0.492 e. The highest BCUT2D eigenvalue weighted by Crippen LogP contribution is 2.24. The number of sulfonamides is 1. The summed E-state index contributed by atoms with van der Waals surface area (Å²) in [6.07, 6.45) is 0. The monoisotopic (exact) mass is 415 g/mol. The van der Waals surface area contributed by atoms with Crippen LogP contribution in [0.1, 0.15) is 31.9 Å². The van der Waals surface area contributed by atoms with Gasteiger partial charge in [0.1, 0.15) is 24.7 Å². The molecule has 2 aromatic carbocycles. The van der Waals surface area contributed by atoms with Crippen LogP contribution < -0.4 is 14.8 Å². The summed E-state index contributed by atoms with van der Waals surface area (Å²) in [5.74, 6) is 0.614. The molecule has 0 unspecified atom stereocenters. The van der Waals surface area contributed by atoms with Gasteiger partial charge in [0.2, 0.25) is 5.91 Å². The quantitative estimate of drug-likeness (QED) is 0.707. The standard InChI is InChI=1S/C21H25N3O4S/c1-21(2,3)15-8-10-16(11-9-15)28-13-12-22-19(25)14-23-20-17-6-4-5-7-18(17)29(26,27)24-20/h4-11H,12-14H2,1-3H3,(H,22,25)(H,23,24). The Bertz CT molecular complexity index is 1020. The normalized spacial score (nSPS) is 16.2. The van der Waals surface area contributed by atoms with Crippen molar-refractivity contribution in [2.24, 2.45) is 4.99 Å². The van der Waals surface area contributed by atoms with Crippen LogP contribution in [0.4, 0.5) is 0 Å². The molecular weight excluding hydrogens is 390 g/mol. The van der Waals surface area contributed by atoms with Gasteiger partial charge >= 0.3 is 0 Å². The molecule has 0 spiro atoms. The van der Waals surface area contributed by atoms with Crippen molar-refractivity contribution in [1.29, 1.82) is 0 Å². The van der Waals surface area contributed by atoms with E-state index in [-0.39, 0.29) is 28.6 Å². The summed E-state index contributed by atoms with van der Waals surface area (Å²) in [5, 5.41) is 2.71. The molecule has 7 nitrogen and oxygen atoms in total. The SMILES string of the molecule is CC(C)(C)c1ccc(OCCNC(=O)CN=C2NS(=O)(=O)c3ccccc32)cc1. The van der Waals surface area contributed by atoms with Crippen LogP contribution >= 0.6 is 0 Å². The van der Waals surface area contributed by atoms with E-state index in [1.54, 1.807) is 18.2 Å². The molecule has 0 aromatic heterocycles. The topological polar surface area (TPSA) is 96.9 Å². The van der Waals surface area contributed by atoms with Gasteiger partial charge in [-0.3, -0.25) is 14.5 Å². The summed E-state index contributed by atoms with van der Waals surface area (Å²) >= 11 is 0. The lowest BCUT2D eigenvalue weighted by Crippen LogP contribution is -2.31. The molecule has 0 radical (unpaired) electrons. The van der Waals surface area contributed by atoms with E-state index in [9.17, 15) is 13.2 Å². The van der Waals surface area contributed by atoms with Crippen molar-refractivity contribution in [2.45, 2.75) is 31.1 Å². The molecule has 29 heavy (non-hydrogen) atoms. The fourth-order valence-corrected chi connectivity index (χ4v) is 4.12. The molecule has 0 saturated heterocycles. The minimum absolute atomic E-state index is 0.0854. The van der Waals surface area contributed by atoms with Crippen molar-refractivity contribution in [1.82, 2.24) is 10.0 Å². The van der Waals surface area contributed by atoms with Crippen molar-refractivity contribution in [3.05, 3.63) is 59.7 Å². The number of benzene rings is 2. The van der Waals surface area contributed by atoms with Crippen LogP contribution in [0.15, 0.2) is 58.4 Å². The number of amides is 1. The van der Waals surface area contributed by atoms with Crippen LogP contribution in [-0.2, 0) is 20.2 Å². The van der Waals surface area contributed by atoms with Crippen molar-refractivity contribution in [3.63, 3.8) is 0 Å². The second kappa shape index (κ2) is 8.24. The molecule has 0 atom stereocenters. The smallest absolute Gasteiger partial charge is 0.263 e. The van der Waals surface area contributed by atoms with Crippen molar-refractivity contribution >= 4 is 21.8 Å². The van der Waals surface area contributed by atoms with E-state index in [1.807, 2.05) is 24.3 Å².